The molecule has 0 saturated heterocycles. The molecule has 0 bridgehead atoms. The van der Waals surface area contributed by atoms with Crippen LogP contribution in [-0.2, 0) is 16.0 Å². The van der Waals surface area contributed by atoms with Gasteiger partial charge in [0.15, 0.2) is 0 Å². The van der Waals surface area contributed by atoms with Gasteiger partial charge in [-0.1, -0.05) is 60.7 Å². The van der Waals surface area contributed by atoms with Crippen molar-refractivity contribution in [1.82, 2.24) is 0 Å². The lowest BCUT2D eigenvalue weighted by Crippen LogP contribution is -2.20. The van der Waals surface area contributed by atoms with Crippen molar-refractivity contribution in [2.75, 3.05) is 0 Å². The van der Waals surface area contributed by atoms with E-state index in [1.54, 1.807) is 12.1 Å². The van der Waals surface area contributed by atoms with E-state index in [2.05, 4.69) is 4.98 Å². The van der Waals surface area contributed by atoms with E-state index in [9.17, 15) is 9.59 Å². The zero-order valence-corrected chi connectivity index (χ0v) is 11.5. The zero-order valence-electron chi connectivity index (χ0n) is 11.5. The van der Waals surface area contributed by atoms with E-state index >= 15 is 0 Å². The minimum absolute atomic E-state index is 0.494. The van der Waals surface area contributed by atoms with E-state index in [0.29, 0.717) is 12.8 Å². The summed E-state index contributed by atoms with van der Waals surface area (Å²) in [7, 11) is 0. The molecule has 1 amide bonds. The van der Waals surface area contributed by atoms with Crippen molar-refractivity contribution >= 4 is 11.7 Å². The van der Waals surface area contributed by atoms with Gasteiger partial charge in [-0.15, -0.1) is 0 Å². The van der Waals surface area contributed by atoms with Gasteiger partial charge in [-0.25, -0.2) is 0 Å². The monoisotopic (exact) mass is 279 g/mol. The Morgan fingerprint density at radius 2 is 1.52 bits per heavy atom. The Morgan fingerprint density at radius 1 is 0.952 bits per heavy atom. The van der Waals surface area contributed by atoms with Gasteiger partial charge in [0.05, 0.1) is 5.92 Å². The van der Waals surface area contributed by atoms with Crippen LogP contribution in [0.1, 0.15) is 23.5 Å². The van der Waals surface area contributed by atoms with Crippen molar-refractivity contribution in [2.45, 2.75) is 18.8 Å². The van der Waals surface area contributed by atoms with Crippen molar-refractivity contribution in [2.24, 2.45) is 0 Å². The van der Waals surface area contributed by atoms with Crippen molar-refractivity contribution < 1.29 is 9.59 Å². The molecule has 2 aromatic rings. The molecule has 0 fully saturated rings. The van der Waals surface area contributed by atoms with Crippen LogP contribution >= 0.6 is 0 Å². The number of Topliss-reactive ketones (excluding diaryl/α,β-unsaturated/α-hetero) is 1. The van der Waals surface area contributed by atoms with Gasteiger partial charge < -0.3 is 0 Å². The van der Waals surface area contributed by atoms with Gasteiger partial charge in [0.25, 0.3) is 0 Å². The number of ketones is 1. The predicted octanol–water partition coefficient (Wildman–Crippen LogP) is 3.35. The normalized spacial score (nSPS) is 11.4. The maximum absolute atomic E-state index is 12.1. The van der Waals surface area contributed by atoms with E-state index < -0.39 is 17.6 Å². The summed E-state index contributed by atoms with van der Waals surface area (Å²) in [4.78, 5) is 26.0. The first kappa shape index (κ1) is 14.6. The molecule has 1 unspecified atom stereocenters. The Bertz CT molecular complexity index is 660. The Balaban J connectivity index is 2.19. The van der Waals surface area contributed by atoms with Crippen molar-refractivity contribution in [3.8, 4) is 0 Å². The summed E-state index contributed by atoms with van der Waals surface area (Å²) in [6.45, 7) is 0. The molecule has 0 aliphatic carbocycles. The zero-order chi connectivity index (χ0) is 15.1. The minimum Gasteiger partial charge on any atom is -0.281 e. The number of hydrogen-bond acceptors (Lipinski definition) is 3. The lowest BCUT2D eigenvalue weighted by Gasteiger charge is -2.12. The fourth-order valence-electron chi connectivity index (χ4n) is 2.29. The van der Waals surface area contributed by atoms with E-state index in [4.69, 9.17) is 5.39 Å². The molecular formula is C17H15N2O2+. The molecule has 2 rings (SSSR count). The molecule has 0 aromatic heterocycles. The molecule has 1 atom stereocenters. The van der Waals surface area contributed by atoms with E-state index in [1.165, 1.54) is 0 Å². The van der Waals surface area contributed by atoms with Gasteiger partial charge in [0, 0.05) is 0 Å². The quantitative estimate of drug-likeness (QED) is 0.601. The number of benzene rings is 2. The predicted molar refractivity (Wildman–Crippen MR) is 79.0 cm³/mol. The van der Waals surface area contributed by atoms with Gasteiger partial charge in [0.1, 0.15) is 0 Å². The van der Waals surface area contributed by atoms with Gasteiger partial charge in [0.2, 0.25) is 10.4 Å². The third-order valence-corrected chi connectivity index (χ3v) is 3.38. The molecule has 0 spiro atoms. The number of hydrogen-bond donors (Lipinski definition) is 0. The summed E-state index contributed by atoms with van der Waals surface area (Å²) in [5.41, 5.74) is 1.86. The molecule has 0 saturated carbocycles. The molecule has 104 valence electrons. The Hall–Kier alpha value is -2.80. The van der Waals surface area contributed by atoms with Crippen LogP contribution in [0.2, 0.25) is 0 Å². The summed E-state index contributed by atoms with van der Waals surface area (Å²) in [5, 5.41) is 8.54. The lowest BCUT2D eigenvalue weighted by molar-refractivity contribution is -0.135. The second kappa shape index (κ2) is 7.11. The number of carbonyl (C=O) groups is 2. The molecule has 2 aromatic carbocycles. The number of carbonyl (C=O) groups excluding carboxylic acids is 2. The minimum atomic E-state index is -1.10. The van der Waals surface area contributed by atoms with Crippen LogP contribution in [0.15, 0.2) is 60.7 Å². The third-order valence-electron chi connectivity index (χ3n) is 3.38. The molecule has 0 N–H and O–H groups in total. The van der Waals surface area contributed by atoms with Gasteiger partial charge in [-0.3, -0.25) is 4.79 Å². The van der Waals surface area contributed by atoms with Crippen LogP contribution in [0, 0.1) is 5.39 Å². The lowest BCUT2D eigenvalue weighted by atomic mass is 9.88. The van der Waals surface area contributed by atoms with Crippen LogP contribution in [-0.4, -0.2) is 11.7 Å². The largest absolute Gasteiger partial charge is 0.629 e. The van der Waals surface area contributed by atoms with Crippen molar-refractivity contribution in [3.05, 3.63) is 76.8 Å². The number of nitrogens with zero attached hydrogens (tertiary/aromatic N) is 2. The van der Waals surface area contributed by atoms with Crippen LogP contribution in [0.4, 0.5) is 0 Å². The van der Waals surface area contributed by atoms with E-state index in [-0.39, 0.29) is 0 Å². The van der Waals surface area contributed by atoms with E-state index in [1.807, 2.05) is 48.5 Å². The SMILES string of the molecule is N#[N+]C(=O)C(=O)C(CCc1ccccc1)c1ccccc1. The van der Waals surface area contributed by atoms with Gasteiger partial charge >= 0.3 is 11.7 Å². The molecule has 21 heavy (non-hydrogen) atoms. The highest BCUT2D eigenvalue weighted by atomic mass is 16.2. The molecule has 4 heteroatoms. The average molecular weight is 279 g/mol. The number of amides is 1. The fourth-order valence-corrected chi connectivity index (χ4v) is 2.29. The Morgan fingerprint density at radius 3 is 2.10 bits per heavy atom. The van der Waals surface area contributed by atoms with Crippen LogP contribution in [0.5, 0.6) is 0 Å². The Kier molecular flexibility index (Phi) is 4.94. The first-order chi connectivity index (χ1) is 10.2. The Labute approximate surface area is 123 Å². The van der Waals surface area contributed by atoms with Crippen LogP contribution < -0.4 is 0 Å². The number of rotatable bonds is 6. The first-order valence-electron chi connectivity index (χ1n) is 6.74. The highest BCUT2D eigenvalue weighted by Gasteiger charge is 2.35. The molecular weight excluding hydrogens is 264 g/mol. The number of aryl methyl sites for hydroxylation is 1. The summed E-state index contributed by atoms with van der Waals surface area (Å²) in [5.74, 6) is -2.37. The summed E-state index contributed by atoms with van der Waals surface area (Å²) < 4.78 is 0. The summed E-state index contributed by atoms with van der Waals surface area (Å²) in [6, 6.07) is 18.8. The third kappa shape index (κ3) is 3.83. The molecule has 0 heterocycles. The molecule has 0 aliphatic heterocycles. The highest BCUT2D eigenvalue weighted by molar-refractivity contribution is 6.41. The average Bonchev–Trinajstić information content (AvgIpc) is 2.56. The maximum atomic E-state index is 12.1. The standard InChI is InChI=1S/C17H15N2O2/c18-19-17(21)16(20)15(14-9-5-2-6-10-14)12-11-13-7-3-1-4-8-13/h1-10,15H,11-12H2/q+1. The van der Waals surface area contributed by atoms with Gasteiger partial charge in [-0.05, 0) is 24.0 Å². The molecule has 0 radical (unpaired) electrons. The summed E-state index contributed by atoms with van der Waals surface area (Å²) >= 11 is 0. The molecule has 0 aliphatic rings. The van der Waals surface area contributed by atoms with Crippen LogP contribution in [0.3, 0.4) is 0 Å². The smallest absolute Gasteiger partial charge is 0.281 e. The number of diazo groups is 1. The van der Waals surface area contributed by atoms with Gasteiger partial charge in [-0.2, -0.15) is 4.79 Å². The maximum Gasteiger partial charge on any atom is 0.629 e. The first-order valence-corrected chi connectivity index (χ1v) is 6.74. The highest BCUT2D eigenvalue weighted by Crippen LogP contribution is 2.23. The second-order valence-corrected chi connectivity index (χ2v) is 4.76. The molecule has 4 nitrogen and oxygen atoms in total. The van der Waals surface area contributed by atoms with Crippen molar-refractivity contribution in [3.63, 3.8) is 0 Å². The van der Waals surface area contributed by atoms with E-state index in [0.717, 1.165) is 11.1 Å². The topological polar surface area (TPSA) is 62.3 Å². The second-order valence-electron chi connectivity index (χ2n) is 4.76. The summed E-state index contributed by atoms with van der Waals surface area (Å²) in [6.07, 6.45) is 1.17. The fraction of sp³-hybridized carbons (Fsp3) is 0.176. The van der Waals surface area contributed by atoms with Crippen molar-refractivity contribution in [1.29, 1.82) is 5.39 Å². The van der Waals surface area contributed by atoms with Crippen LogP contribution in [0.25, 0.3) is 4.98 Å².